The van der Waals surface area contributed by atoms with Crippen molar-refractivity contribution in [1.82, 2.24) is 19.2 Å². The fraction of sp³-hybridized carbons (Fsp3) is 0.273. The number of aryl methyl sites for hydroxylation is 1. The lowest BCUT2D eigenvalue weighted by atomic mass is 10.2. The van der Waals surface area contributed by atoms with Crippen molar-refractivity contribution in [2.75, 3.05) is 17.7 Å². The number of thioether (sulfide) groups is 1. The van der Waals surface area contributed by atoms with Crippen molar-refractivity contribution in [3.63, 3.8) is 0 Å². The molecular weight excluding hydrogens is 444 g/mol. The number of rotatable bonds is 8. The smallest absolute Gasteiger partial charge is 0.269 e. The molecule has 0 aliphatic rings. The zero-order chi connectivity index (χ0) is 23.5. The number of para-hydroxylation sites is 1. The highest BCUT2D eigenvalue weighted by Crippen LogP contribution is 2.24. The minimum Gasteiger partial charge on any atom is -0.315 e. The summed E-state index contributed by atoms with van der Waals surface area (Å²) >= 11 is 1.22. The number of benzene rings is 2. The van der Waals surface area contributed by atoms with Gasteiger partial charge in [-0.15, -0.1) is 10.2 Å². The van der Waals surface area contributed by atoms with E-state index in [1.807, 2.05) is 22.6 Å². The minimum absolute atomic E-state index is 0.0371. The van der Waals surface area contributed by atoms with Crippen LogP contribution in [0.3, 0.4) is 0 Å². The SMILES string of the molecule is CCCCn1c(=O)c2ccccc2n2c(SCC(=O)N(C)c3ccc([N+](=O)[O-])cc3)nnc12. The third-order valence-corrected chi connectivity index (χ3v) is 6.27. The number of hydrogen-bond donors (Lipinski definition) is 0. The number of aromatic nitrogens is 4. The molecule has 11 heteroatoms. The molecular formula is C22H22N6O4S. The minimum atomic E-state index is -0.484. The van der Waals surface area contributed by atoms with Crippen LogP contribution in [0.25, 0.3) is 16.7 Å². The van der Waals surface area contributed by atoms with E-state index in [1.54, 1.807) is 17.7 Å². The monoisotopic (exact) mass is 466 g/mol. The van der Waals surface area contributed by atoms with Gasteiger partial charge in [-0.2, -0.15) is 0 Å². The first-order valence-corrected chi connectivity index (χ1v) is 11.4. The third kappa shape index (κ3) is 4.31. The summed E-state index contributed by atoms with van der Waals surface area (Å²) in [4.78, 5) is 37.6. The number of nitro groups is 1. The molecule has 0 saturated carbocycles. The maximum Gasteiger partial charge on any atom is 0.269 e. The Bertz CT molecular complexity index is 1400. The number of carbonyl (C=O) groups is 1. The zero-order valence-electron chi connectivity index (χ0n) is 18.2. The van der Waals surface area contributed by atoms with E-state index in [0.29, 0.717) is 34.1 Å². The molecule has 2 aromatic carbocycles. The fourth-order valence-electron chi connectivity index (χ4n) is 3.51. The van der Waals surface area contributed by atoms with Gasteiger partial charge in [-0.1, -0.05) is 37.2 Å². The summed E-state index contributed by atoms with van der Waals surface area (Å²) in [6.07, 6.45) is 1.77. The van der Waals surface area contributed by atoms with Crippen LogP contribution in [-0.2, 0) is 11.3 Å². The Kier molecular flexibility index (Phi) is 6.40. The summed E-state index contributed by atoms with van der Waals surface area (Å²) in [5, 5.41) is 20.4. The summed E-state index contributed by atoms with van der Waals surface area (Å²) in [6, 6.07) is 13.1. The molecule has 0 N–H and O–H groups in total. The predicted octanol–water partition coefficient (Wildman–Crippen LogP) is 3.51. The van der Waals surface area contributed by atoms with Crippen LogP contribution < -0.4 is 10.5 Å². The average Bonchev–Trinajstić information content (AvgIpc) is 3.26. The Morgan fingerprint density at radius 3 is 2.58 bits per heavy atom. The number of carbonyl (C=O) groups excluding carboxylic acids is 1. The first-order chi connectivity index (χ1) is 15.9. The van der Waals surface area contributed by atoms with E-state index in [2.05, 4.69) is 17.1 Å². The van der Waals surface area contributed by atoms with Gasteiger partial charge >= 0.3 is 0 Å². The van der Waals surface area contributed by atoms with E-state index in [1.165, 1.54) is 40.9 Å². The average molecular weight is 467 g/mol. The van der Waals surface area contributed by atoms with Gasteiger partial charge in [0.1, 0.15) is 0 Å². The molecule has 0 aliphatic carbocycles. The van der Waals surface area contributed by atoms with E-state index in [0.717, 1.165) is 12.8 Å². The largest absolute Gasteiger partial charge is 0.315 e. The number of non-ortho nitro benzene ring substituents is 1. The van der Waals surface area contributed by atoms with Gasteiger partial charge in [0.2, 0.25) is 11.7 Å². The topological polar surface area (TPSA) is 116 Å². The van der Waals surface area contributed by atoms with Crippen molar-refractivity contribution in [1.29, 1.82) is 0 Å². The van der Waals surface area contributed by atoms with Gasteiger partial charge in [0.05, 0.1) is 21.6 Å². The zero-order valence-corrected chi connectivity index (χ0v) is 19.0. The highest BCUT2D eigenvalue weighted by atomic mass is 32.2. The highest BCUT2D eigenvalue weighted by molar-refractivity contribution is 7.99. The number of amides is 1. The summed E-state index contributed by atoms with van der Waals surface area (Å²) in [5.41, 5.74) is 1.10. The van der Waals surface area contributed by atoms with Crippen LogP contribution >= 0.6 is 11.8 Å². The summed E-state index contributed by atoms with van der Waals surface area (Å²) in [6.45, 7) is 2.59. The molecule has 0 aliphatic heterocycles. The number of fused-ring (bicyclic) bond motifs is 3. The molecule has 170 valence electrons. The fourth-order valence-corrected chi connectivity index (χ4v) is 4.36. The lowest BCUT2D eigenvalue weighted by molar-refractivity contribution is -0.384. The molecule has 0 bridgehead atoms. The van der Waals surface area contributed by atoms with Crippen LogP contribution in [0.2, 0.25) is 0 Å². The van der Waals surface area contributed by atoms with Gasteiger partial charge in [-0.3, -0.25) is 28.7 Å². The highest BCUT2D eigenvalue weighted by Gasteiger charge is 2.19. The van der Waals surface area contributed by atoms with Crippen molar-refractivity contribution in [2.24, 2.45) is 0 Å². The number of unbranched alkanes of at least 4 members (excludes halogenated alkanes) is 1. The van der Waals surface area contributed by atoms with Crippen molar-refractivity contribution in [3.05, 3.63) is 69.0 Å². The summed E-state index contributed by atoms with van der Waals surface area (Å²) < 4.78 is 3.45. The molecule has 33 heavy (non-hydrogen) atoms. The van der Waals surface area contributed by atoms with E-state index < -0.39 is 4.92 Å². The quantitative estimate of drug-likeness (QED) is 0.222. The molecule has 0 saturated heterocycles. The molecule has 4 rings (SSSR count). The second-order valence-electron chi connectivity index (χ2n) is 7.46. The first-order valence-electron chi connectivity index (χ1n) is 10.4. The molecule has 0 atom stereocenters. The standard InChI is InChI=1S/C22H22N6O4S/c1-3-4-13-26-20(30)17-7-5-6-8-18(17)27-21(26)23-24-22(27)33-14-19(29)25(2)15-9-11-16(12-10-15)28(31)32/h5-12H,3-4,13-14H2,1-2H3. The van der Waals surface area contributed by atoms with E-state index in [-0.39, 0.29) is 22.9 Å². The maximum absolute atomic E-state index is 13.0. The molecule has 0 unspecified atom stereocenters. The maximum atomic E-state index is 13.0. The van der Waals surface area contributed by atoms with Crippen LogP contribution in [-0.4, -0.2) is 42.8 Å². The molecule has 4 aromatic rings. The molecule has 1 amide bonds. The van der Waals surface area contributed by atoms with Crippen molar-refractivity contribution in [3.8, 4) is 0 Å². The van der Waals surface area contributed by atoms with Crippen molar-refractivity contribution >= 4 is 45.7 Å². The normalized spacial score (nSPS) is 11.2. The van der Waals surface area contributed by atoms with Gasteiger partial charge in [-0.25, -0.2) is 0 Å². The van der Waals surface area contributed by atoms with Crippen LogP contribution in [0.4, 0.5) is 11.4 Å². The van der Waals surface area contributed by atoms with Gasteiger partial charge in [0.15, 0.2) is 5.16 Å². The Morgan fingerprint density at radius 2 is 1.88 bits per heavy atom. The molecule has 2 aromatic heterocycles. The number of nitro benzene ring substituents is 1. The number of hydrogen-bond acceptors (Lipinski definition) is 7. The predicted molar refractivity (Wildman–Crippen MR) is 127 cm³/mol. The Labute approximate surface area is 193 Å². The van der Waals surface area contributed by atoms with Gasteiger partial charge < -0.3 is 4.90 Å². The Morgan fingerprint density at radius 1 is 1.15 bits per heavy atom. The second kappa shape index (κ2) is 9.41. The van der Waals surface area contributed by atoms with Gasteiger partial charge in [0, 0.05) is 31.4 Å². The molecule has 0 fully saturated rings. The van der Waals surface area contributed by atoms with Gasteiger partial charge in [-0.05, 0) is 30.7 Å². The Hall–Kier alpha value is -3.73. The Balaban J connectivity index is 1.62. The molecule has 2 heterocycles. The third-order valence-electron chi connectivity index (χ3n) is 5.36. The second-order valence-corrected chi connectivity index (χ2v) is 8.40. The van der Waals surface area contributed by atoms with Crippen LogP contribution in [0.15, 0.2) is 58.5 Å². The molecule has 0 spiro atoms. The van der Waals surface area contributed by atoms with E-state index >= 15 is 0 Å². The van der Waals surface area contributed by atoms with Crippen LogP contribution in [0, 0.1) is 10.1 Å². The lowest BCUT2D eigenvalue weighted by Gasteiger charge is -2.16. The summed E-state index contributed by atoms with van der Waals surface area (Å²) in [5.74, 6) is 0.330. The van der Waals surface area contributed by atoms with Gasteiger partial charge in [0.25, 0.3) is 11.2 Å². The molecule has 0 radical (unpaired) electrons. The van der Waals surface area contributed by atoms with E-state index in [9.17, 15) is 19.7 Å². The van der Waals surface area contributed by atoms with Crippen LogP contribution in [0.1, 0.15) is 19.8 Å². The van der Waals surface area contributed by atoms with E-state index in [4.69, 9.17) is 0 Å². The first kappa shape index (κ1) is 22.5. The molecule has 10 nitrogen and oxygen atoms in total. The number of anilines is 1. The number of nitrogens with zero attached hydrogens (tertiary/aromatic N) is 6. The summed E-state index contributed by atoms with van der Waals surface area (Å²) in [7, 11) is 1.61. The van der Waals surface area contributed by atoms with Crippen molar-refractivity contribution in [2.45, 2.75) is 31.5 Å². The van der Waals surface area contributed by atoms with Crippen LogP contribution in [0.5, 0.6) is 0 Å². The van der Waals surface area contributed by atoms with Crippen molar-refractivity contribution < 1.29 is 9.72 Å². The lowest BCUT2D eigenvalue weighted by Crippen LogP contribution is -2.28.